The summed E-state index contributed by atoms with van der Waals surface area (Å²) in [5, 5.41) is 3.37. The van der Waals surface area contributed by atoms with Crippen LogP contribution in [0.15, 0.2) is 0 Å². The third-order valence-electron chi connectivity index (χ3n) is 3.63. The highest BCUT2D eigenvalue weighted by Crippen LogP contribution is 2.26. The number of unbranched alkanes of at least 4 members (excludes halogenated alkanes) is 1. The standard InChI is InChI=1S/C14H29NO2/c1-4-5-8-16-9-10-17-14-11-12(2)6-7-13(14)15-3/h12-15H,4-11H2,1-3H3. The van der Waals surface area contributed by atoms with Gasteiger partial charge in [-0.1, -0.05) is 20.3 Å². The molecule has 0 saturated heterocycles. The highest BCUT2D eigenvalue weighted by molar-refractivity contribution is 4.83. The van der Waals surface area contributed by atoms with E-state index in [9.17, 15) is 0 Å². The monoisotopic (exact) mass is 243 g/mol. The van der Waals surface area contributed by atoms with Crippen molar-refractivity contribution in [2.45, 2.75) is 58.1 Å². The highest BCUT2D eigenvalue weighted by atomic mass is 16.5. The summed E-state index contributed by atoms with van der Waals surface area (Å²) in [4.78, 5) is 0. The second kappa shape index (κ2) is 8.90. The quantitative estimate of drug-likeness (QED) is 0.665. The third-order valence-corrected chi connectivity index (χ3v) is 3.63. The largest absolute Gasteiger partial charge is 0.379 e. The minimum Gasteiger partial charge on any atom is -0.379 e. The molecule has 1 aliphatic carbocycles. The van der Waals surface area contributed by atoms with Crippen LogP contribution in [0.5, 0.6) is 0 Å². The van der Waals surface area contributed by atoms with Gasteiger partial charge in [0.15, 0.2) is 0 Å². The van der Waals surface area contributed by atoms with Crippen LogP contribution >= 0.6 is 0 Å². The van der Waals surface area contributed by atoms with E-state index in [1.807, 2.05) is 7.05 Å². The summed E-state index contributed by atoms with van der Waals surface area (Å²) in [5.41, 5.74) is 0. The minimum atomic E-state index is 0.374. The molecule has 102 valence electrons. The number of rotatable bonds is 8. The van der Waals surface area contributed by atoms with E-state index in [2.05, 4.69) is 19.2 Å². The Morgan fingerprint density at radius 1 is 1.18 bits per heavy atom. The molecule has 1 saturated carbocycles. The summed E-state index contributed by atoms with van der Waals surface area (Å²) in [5.74, 6) is 0.797. The average Bonchev–Trinajstić information content (AvgIpc) is 2.34. The van der Waals surface area contributed by atoms with Gasteiger partial charge in [-0.15, -0.1) is 0 Å². The fourth-order valence-electron chi connectivity index (χ4n) is 2.45. The van der Waals surface area contributed by atoms with Crippen LogP contribution < -0.4 is 5.32 Å². The number of likely N-dealkylation sites (N-methyl/N-ethyl adjacent to an activating group) is 1. The second-order valence-corrected chi connectivity index (χ2v) is 5.19. The Balaban J connectivity index is 2.10. The molecule has 1 N–H and O–H groups in total. The van der Waals surface area contributed by atoms with Crippen LogP contribution in [0.3, 0.4) is 0 Å². The zero-order valence-electron chi connectivity index (χ0n) is 11.7. The van der Waals surface area contributed by atoms with Gasteiger partial charge in [-0.2, -0.15) is 0 Å². The first kappa shape index (κ1) is 14.9. The van der Waals surface area contributed by atoms with Crippen LogP contribution in [0, 0.1) is 5.92 Å². The predicted octanol–water partition coefficient (Wildman–Crippen LogP) is 2.60. The zero-order chi connectivity index (χ0) is 12.5. The maximum atomic E-state index is 5.95. The van der Waals surface area contributed by atoms with Crippen molar-refractivity contribution in [3.8, 4) is 0 Å². The molecular weight excluding hydrogens is 214 g/mol. The Morgan fingerprint density at radius 3 is 2.71 bits per heavy atom. The van der Waals surface area contributed by atoms with Gasteiger partial charge in [0, 0.05) is 12.6 Å². The summed E-state index contributed by atoms with van der Waals surface area (Å²) < 4.78 is 11.5. The van der Waals surface area contributed by atoms with Crippen LogP contribution in [-0.2, 0) is 9.47 Å². The van der Waals surface area contributed by atoms with Crippen molar-refractivity contribution >= 4 is 0 Å². The molecule has 3 nitrogen and oxygen atoms in total. The van der Waals surface area contributed by atoms with Gasteiger partial charge in [-0.3, -0.25) is 0 Å². The summed E-state index contributed by atoms with van der Waals surface area (Å²) in [6.07, 6.45) is 6.46. The minimum absolute atomic E-state index is 0.374. The van der Waals surface area contributed by atoms with E-state index in [-0.39, 0.29) is 0 Å². The Hall–Kier alpha value is -0.120. The molecule has 0 bridgehead atoms. The van der Waals surface area contributed by atoms with Gasteiger partial charge in [0.25, 0.3) is 0 Å². The summed E-state index contributed by atoms with van der Waals surface area (Å²) in [6.45, 7) is 6.85. The van der Waals surface area contributed by atoms with Crippen molar-refractivity contribution in [3.63, 3.8) is 0 Å². The molecule has 17 heavy (non-hydrogen) atoms. The van der Waals surface area contributed by atoms with Crippen LogP contribution in [-0.4, -0.2) is 39.0 Å². The van der Waals surface area contributed by atoms with Crippen LogP contribution in [0.2, 0.25) is 0 Å². The molecule has 0 aliphatic heterocycles. The second-order valence-electron chi connectivity index (χ2n) is 5.19. The topological polar surface area (TPSA) is 30.5 Å². The molecule has 1 rings (SSSR count). The van der Waals surface area contributed by atoms with E-state index in [0.717, 1.165) is 32.2 Å². The number of ether oxygens (including phenoxy) is 2. The molecule has 0 amide bonds. The lowest BCUT2D eigenvalue weighted by atomic mass is 9.85. The molecule has 1 aliphatic rings. The van der Waals surface area contributed by atoms with Gasteiger partial charge in [-0.05, 0) is 38.6 Å². The Kier molecular flexibility index (Phi) is 7.82. The van der Waals surface area contributed by atoms with Gasteiger partial charge < -0.3 is 14.8 Å². The van der Waals surface area contributed by atoms with Crippen LogP contribution in [0.25, 0.3) is 0 Å². The number of hydrogen-bond acceptors (Lipinski definition) is 3. The van der Waals surface area contributed by atoms with Crippen LogP contribution in [0.1, 0.15) is 46.0 Å². The normalized spacial score (nSPS) is 29.5. The van der Waals surface area contributed by atoms with E-state index in [4.69, 9.17) is 9.47 Å². The van der Waals surface area contributed by atoms with Crippen molar-refractivity contribution in [2.24, 2.45) is 5.92 Å². The molecule has 0 aromatic carbocycles. The zero-order valence-corrected chi connectivity index (χ0v) is 11.7. The van der Waals surface area contributed by atoms with Crippen molar-refractivity contribution in [3.05, 3.63) is 0 Å². The van der Waals surface area contributed by atoms with Gasteiger partial charge in [0.2, 0.25) is 0 Å². The molecule has 0 spiro atoms. The Morgan fingerprint density at radius 2 is 2.00 bits per heavy atom. The third kappa shape index (κ3) is 5.84. The van der Waals surface area contributed by atoms with Crippen molar-refractivity contribution in [1.29, 1.82) is 0 Å². The predicted molar refractivity (Wildman–Crippen MR) is 71.3 cm³/mol. The van der Waals surface area contributed by atoms with E-state index < -0.39 is 0 Å². The molecule has 0 aromatic heterocycles. The Bertz CT molecular complexity index is 187. The first-order chi connectivity index (χ1) is 8.27. The lowest BCUT2D eigenvalue weighted by Gasteiger charge is -2.34. The molecule has 0 aromatic rings. The first-order valence-electron chi connectivity index (χ1n) is 7.14. The average molecular weight is 243 g/mol. The molecule has 3 atom stereocenters. The van der Waals surface area contributed by atoms with Gasteiger partial charge in [-0.25, -0.2) is 0 Å². The SMILES string of the molecule is CCCCOCCOC1CC(C)CCC1NC. The van der Waals surface area contributed by atoms with Gasteiger partial charge in [0.1, 0.15) is 0 Å². The molecule has 1 fully saturated rings. The Labute approximate surface area is 106 Å². The lowest BCUT2D eigenvalue weighted by Crippen LogP contribution is -2.44. The smallest absolute Gasteiger partial charge is 0.0731 e. The number of nitrogens with one attached hydrogen (secondary N) is 1. The lowest BCUT2D eigenvalue weighted by molar-refractivity contribution is -0.0332. The molecule has 0 radical (unpaired) electrons. The maximum absolute atomic E-state index is 5.95. The summed E-state index contributed by atoms with van der Waals surface area (Å²) in [6, 6.07) is 0.529. The summed E-state index contributed by atoms with van der Waals surface area (Å²) in [7, 11) is 2.04. The van der Waals surface area contributed by atoms with Crippen molar-refractivity contribution in [2.75, 3.05) is 26.9 Å². The molecule has 0 heterocycles. The molecular formula is C14H29NO2. The molecule has 3 unspecified atom stereocenters. The maximum Gasteiger partial charge on any atom is 0.0731 e. The fourth-order valence-corrected chi connectivity index (χ4v) is 2.45. The van der Waals surface area contributed by atoms with Gasteiger partial charge in [0.05, 0.1) is 19.3 Å². The fraction of sp³-hybridized carbons (Fsp3) is 1.00. The van der Waals surface area contributed by atoms with E-state index in [1.165, 1.54) is 25.7 Å². The van der Waals surface area contributed by atoms with E-state index in [0.29, 0.717) is 12.1 Å². The summed E-state index contributed by atoms with van der Waals surface area (Å²) >= 11 is 0. The number of hydrogen-bond donors (Lipinski definition) is 1. The van der Waals surface area contributed by atoms with E-state index >= 15 is 0 Å². The first-order valence-corrected chi connectivity index (χ1v) is 7.14. The van der Waals surface area contributed by atoms with Gasteiger partial charge >= 0.3 is 0 Å². The van der Waals surface area contributed by atoms with E-state index in [1.54, 1.807) is 0 Å². The van der Waals surface area contributed by atoms with Crippen molar-refractivity contribution in [1.82, 2.24) is 5.32 Å². The highest BCUT2D eigenvalue weighted by Gasteiger charge is 2.27. The molecule has 3 heteroatoms. The van der Waals surface area contributed by atoms with Crippen LogP contribution in [0.4, 0.5) is 0 Å². The van der Waals surface area contributed by atoms with Crippen molar-refractivity contribution < 1.29 is 9.47 Å².